The highest BCUT2D eigenvalue weighted by Gasteiger charge is 2.45. The Morgan fingerprint density at radius 3 is 2.33 bits per heavy atom. The molecule has 2 unspecified atom stereocenters. The third-order valence-electron chi connectivity index (χ3n) is 6.27. The fourth-order valence-corrected chi connectivity index (χ4v) is 4.21. The number of ether oxygens (including phenoxy) is 3. The zero-order chi connectivity index (χ0) is 23.4. The van der Waals surface area contributed by atoms with E-state index in [1.165, 1.54) is 0 Å². The number of benzene rings is 2. The molecule has 5 rings (SSSR count). The minimum Gasteiger partial charge on any atom is -0.458 e. The van der Waals surface area contributed by atoms with Crippen LogP contribution in [0.25, 0.3) is 0 Å². The summed E-state index contributed by atoms with van der Waals surface area (Å²) in [5.74, 6) is 1.32. The van der Waals surface area contributed by atoms with Gasteiger partial charge in [-0.2, -0.15) is 0 Å². The van der Waals surface area contributed by atoms with Crippen molar-refractivity contribution >= 4 is 0 Å². The van der Waals surface area contributed by atoms with Gasteiger partial charge in [-0.05, 0) is 67.5 Å². The summed E-state index contributed by atoms with van der Waals surface area (Å²) in [4.78, 5) is 0. The maximum absolute atomic E-state index is 10.3. The fourth-order valence-electron chi connectivity index (χ4n) is 4.21. The Labute approximate surface area is 193 Å². The Kier molecular flexibility index (Phi) is 7.85. The predicted molar refractivity (Wildman–Crippen MR) is 119 cm³/mol. The van der Waals surface area contributed by atoms with Gasteiger partial charge in [0.1, 0.15) is 30.2 Å². The topological polar surface area (TPSA) is 129 Å². The summed E-state index contributed by atoms with van der Waals surface area (Å²) >= 11 is 0. The van der Waals surface area contributed by atoms with Crippen molar-refractivity contribution in [1.82, 2.24) is 0 Å². The summed E-state index contributed by atoms with van der Waals surface area (Å²) in [5, 5.41) is 50.1. The van der Waals surface area contributed by atoms with Gasteiger partial charge in [0.25, 0.3) is 0 Å². The van der Waals surface area contributed by atoms with Gasteiger partial charge in [-0.1, -0.05) is 24.6 Å². The highest BCUT2D eigenvalue weighted by Crippen LogP contribution is 2.36. The van der Waals surface area contributed by atoms with Gasteiger partial charge in [-0.3, -0.25) is 0 Å². The lowest BCUT2D eigenvalue weighted by molar-refractivity contribution is -0.277. The molecule has 8 nitrogen and oxygen atoms in total. The minimum atomic E-state index is -1.53. The van der Waals surface area contributed by atoms with E-state index in [2.05, 4.69) is 0 Å². The monoisotopic (exact) mass is 460 g/mol. The van der Waals surface area contributed by atoms with Crippen LogP contribution >= 0.6 is 0 Å². The van der Waals surface area contributed by atoms with E-state index >= 15 is 0 Å². The molecule has 0 spiro atoms. The highest BCUT2D eigenvalue weighted by molar-refractivity contribution is 5.46. The number of rotatable bonds is 3. The van der Waals surface area contributed by atoms with Crippen LogP contribution in [0.5, 0.6) is 17.2 Å². The molecule has 33 heavy (non-hydrogen) atoms. The standard InChI is InChI=1S/C25H32O8/c26-14-21-22(28)23(29)24(30)25(33-21)32-19-12-8-16-3-1-2-4-17(27)9-5-15-6-10-18(11-7-15)31-20(19)13-16/h6-8,10-13,17,21-30H,1-5,9,14H2/t17-,21?,22-,23?,24-,25+/m0/s1. The normalized spacial score (nSPS) is 30.7. The van der Waals surface area contributed by atoms with Crippen LogP contribution < -0.4 is 9.47 Å². The van der Waals surface area contributed by atoms with Gasteiger partial charge < -0.3 is 39.7 Å². The minimum absolute atomic E-state index is 0.298. The molecule has 1 saturated heterocycles. The molecule has 8 heteroatoms. The molecular weight excluding hydrogens is 428 g/mol. The number of hydrogen-bond acceptors (Lipinski definition) is 8. The maximum Gasteiger partial charge on any atom is 0.229 e. The lowest BCUT2D eigenvalue weighted by Gasteiger charge is -2.39. The van der Waals surface area contributed by atoms with E-state index in [1.54, 1.807) is 6.07 Å². The molecule has 0 aliphatic carbocycles. The third-order valence-corrected chi connectivity index (χ3v) is 6.27. The van der Waals surface area contributed by atoms with Gasteiger partial charge in [0, 0.05) is 0 Å². The summed E-state index contributed by atoms with van der Waals surface area (Å²) in [6.45, 7) is -0.534. The van der Waals surface area contributed by atoms with E-state index in [-0.39, 0.29) is 6.10 Å². The van der Waals surface area contributed by atoms with Crippen LogP contribution in [0.15, 0.2) is 42.5 Å². The summed E-state index contributed by atoms with van der Waals surface area (Å²) in [6, 6.07) is 13.1. The summed E-state index contributed by atoms with van der Waals surface area (Å²) < 4.78 is 17.4. The molecule has 5 N–H and O–H groups in total. The van der Waals surface area contributed by atoms with Crippen LogP contribution in [0.2, 0.25) is 0 Å². The van der Waals surface area contributed by atoms with Crippen LogP contribution in [0.1, 0.15) is 36.8 Å². The Balaban J connectivity index is 1.59. The first kappa shape index (κ1) is 23.9. The summed E-state index contributed by atoms with van der Waals surface area (Å²) in [5.41, 5.74) is 2.15. The van der Waals surface area contributed by atoms with Gasteiger partial charge >= 0.3 is 0 Å². The first-order chi connectivity index (χ1) is 15.9. The molecule has 0 saturated carbocycles. The van der Waals surface area contributed by atoms with Crippen LogP contribution in [0.3, 0.4) is 0 Å². The first-order valence-electron chi connectivity index (χ1n) is 11.5. The van der Waals surface area contributed by atoms with Crippen LogP contribution in [-0.2, 0) is 17.6 Å². The molecule has 0 radical (unpaired) electrons. The third kappa shape index (κ3) is 5.84. The molecule has 4 bridgehead atoms. The molecule has 3 heterocycles. The largest absolute Gasteiger partial charge is 0.458 e. The fraction of sp³-hybridized carbons (Fsp3) is 0.520. The van der Waals surface area contributed by atoms with E-state index in [0.29, 0.717) is 17.2 Å². The van der Waals surface area contributed by atoms with E-state index in [0.717, 1.165) is 49.7 Å². The van der Waals surface area contributed by atoms with E-state index in [9.17, 15) is 25.5 Å². The SMILES string of the molecule is OCC1O[C@@H](Oc2ccc3cc2Oc2ccc(cc2)CC[C@@H](O)CCCC3)[C@@H](O)C(O)[C@H]1O. The zero-order valence-electron chi connectivity index (χ0n) is 18.4. The Hall–Kier alpha value is -2.20. The van der Waals surface area contributed by atoms with E-state index in [1.807, 2.05) is 36.4 Å². The molecule has 3 aliphatic rings. The number of aliphatic hydroxyl groups excluding tert-OH is 5. The number of aryl methyl sites for hydroxylation is 2. The number of hydrogen-bond donors (Lipinski definition) is 5. The summed E-state index contributed by atoms with van der Waals surface area (Å²) in [6.07, 6.45) is -2.23. The maximum atomic E-state index is 10.3. The molecular formula is C25H32O8. The van der Waals surface area contributed by atoms with Crippen molar-refractivity contribution in [3.05, 3.63) is 53.6 Å². The van der Waals surface area contributed by atoms with Crippen molar-refractivity contribution in [2.45, 2.75) is 75.3 Å². The number of fused-ring (bicyclic) bond motifs is 8. The molecule has 0 amide bonds. The Bertz CT molecular complexity index is 900. The molecule has 6 atom stereocenters. The van der Waals surface area contributed by atoms with Gasteiger partial charge in [0.05, 0.1) is 12.7 Å². The number of aliphatic hydroxyl groups is 5. The van der Waals surface area contributed by atoms with Gasteiger partial charge in [0.2, 0.25) is 6.29 Å². The summed E-state index contributed by atoms with van der Waals surface area (Å²) in [7, 11) is 0. The van der Waals surface area contributed by atoms with Gasteiger partial charge in [0.15, 0.2) is 11.5 Å². The smallest absolute Gasteiger partial charge is 0.229 e. The second-order valence-corrected chi connectivity index (χ2v) is 8.78. The molecule has 0 aromatic heterocycles. The molecule has 3 aliphatic heterocycles. The quantitative estimate of drug-likeness (QED) is 0.468. The van der Waals surface area contributed by atoms with Crippen molar-refractivity contribution in [3.63, 3.8) is 0 Å². The van der Waals surface area contributed by atoms with Crippen LogP contribution in [0.4, 0.5) is 0 Å². The van der Waals surface area contributed by atoms with E-state index < -0.39 is 37.3 Å². The van der Waals surface area contributed by atoms with Crippen molar-refractivity contribution in [2.24, 2.45) is 0 Å². The van der Waals surface area contributed by atoms with Crippen molar-refractivity contribution in [2.75, 3.05) is 6.61 Å². The Morgan fingerprint density at radius 1 is 0.818 bits per heavy atom. The van der Waals surface area contributed by atoms with Crippen molar-refractivity contribution in [3.8, 4) is 17.2 Å². The van der Waals surface area contributed by atoms with Gasteiger partial charge in [-0.15, -0.1) is 0 Å². The Morgan fingerprint density at radius 2 is 1.58 bits per heavy atom. The van der Waals surface area contributed by atoms with Gasteiger partial charge in [-0.25, -0.2) is 0 Å². The predicted octanol–water partition coefficient (Wildman–Crippen LogP) is 1.68. The van der Waals surface area contributed by atoms with Crippen LogP contribution in [0, 0.1) is 0 Å². The second-order valence-electron chi connectivity index (χ2n) is 8.78. The highest BCUT2D eigenvalue weighted by atomic mass is 16.7. The lowest BCUT2D eigenvalue weighted by atomic mass is 9.99. The molecule has 180 valence electrons. The average Bonchev–Trinajstić information content (AvgIpc) is 2.83. The van der Waals surface area contributed by atoms with Crippen molar-refractivity contribution in [1.29, 1.82) is 0 Å². The van der Waals surface area contributed by atoms with Crippen LogP contribution in [-0.4, -0.2) is 68.9 Å². The first-order valence-corrected chi connectivity index (χ1v) is 11.5. The van der Waals surface area contributed by atoms with E-state index in [4.69, 9.17) is 14.2 Å². The van der Waals surface area contributed by atoms with Crippen molar-refractivity contribution < 1.29 is 39.7 Å². The second kappa shape index (κ2) is 10.8. The average molecular weight is 461 g/mol. The molecule has 2 aromatic rings. The lowest BCUT2D eigenvalue weighted by Crippen LogP contribution is -2.60. The zero-order valence-corrected chi connectivity index (χ0v) is 18.4. The molecule has 2 aromatic carbocycles. The molecule has 1 fully saturated rings.